The van der Waals surface area contributed by atoms with E-state index in [1.54, 1.807) is 6.20 Å². The van der Waals surface area contributed by atoms with Crippen LogP contribution in [-0.2, 0) is 0 Å². The maximum atomic E-state index is 4.31. The zero-order chi connectivity index (χ0) is 9.38. The summed E-state index contributed by atoms with van der Waals surface area (Å²) < 4.78 is 0. The van der Waals surface area contributed by atoms with Crippen LogP contribution in [0.15, 0.2) is 40.7 Å². The molecule has 0 fully saturated rings. The summed E-state index contributed by atoms with van der Waals surface area (Å²) in [4.78, 5) is 4.20. The van der Waals surface area contributed by atoms with Gasteiger partial charge in [0, 0.05) is 11.8 Å². The summed E-state index contributed by atoms with van der Waals surface area (Å²) in [6.45, 7) is 0. The summed E-state index contributed by atoms with van der Waals surface area (Å²) in [7, 11) is 0. The zero-order valence-corrected chi connectivity index (χ0v) is 7.80. The quantitative estimate of drug-likeness (QED) is 0.619. The standard InChI is InChI=1S/C11H11N3/c1-2-5-8(4-1)10-9-6-3-7-12-11(9)14-13-10/h1-3,6-8,10H,4-5H2/t10-/m1/s1. The fourth-order valence-corrected chi connectivity index (χ4v) is 2.15. The minimum absolute atomic E-state index is 0.244. The second-order valence-corrected chi connectivity index (χ2v) is 3.78. The molecule has 1 atom stereocenters. The van der Waals surface area contributed by atoms with Crippen molar-refractivity contribution in [2.75, 3.05) is 0 Å². The molecule has 0 unspecified atom stereocenters. The predicted molar refractivity (Wildman–Crippen MR) is 53.4 cm³/mol. The second kappa shape index (κ2) is 3.01. The molecule has 2 aliphatic rings. The van der Waals surface area contributed by atoms with Crippen LogP contribution in [-0.4, -0.2) is 4.98 Å². The first-order valence-corrected chi connectivity index (χ1v) is 4.96. The van der Waals surface area contributed by atoms with E-state index >= 15 is 0 Å². The zero-order valence-electron chi connectivity index (χ0n) is 7.80. The van der Waals surface area contributed by atoms with Crippen LogP contribution in [0.3, 0.4) is 0 Å². The van der Waals surface area contributed by atoms with E-state index in [1.807, 2.05) is 6.07 Å². The molecule has 1 aromatic rings. The van der Waals surface area contributed by atoms with Gasteiger partial charge >= 0.3 is 0 Å². The Bertz CT molecular complexity index is 401. The Morgan fingerprint density at radius 3 is 2.93 bits per heavy atom. The normalized spacial score (nSPS) is 24.4. The van der Waals surface area contributed by atoms with E-state index in [-0.39, 0.29) is 6.04 Å². The number of azo groups is 1. The Morgan fingerprint density at radius 2 is 2.07 bits per heavy atom. The molecule has 0 saturated heterocycles. The molecule has 0 amide bonds. The van der Waals surface area contributed by atoms with Gasteiger partial charge in [-0.3, -0.25) is 0 Å². The third-order valence-electron chi connectivity index (χ3n) is 2.90. The molecule has 3 nitrogen and oxygen atoms in total. The van der Waals surface area contributed by atoms with Gasteiger partial charge in [0.1, 0.15) is 6.04 Å². The van der Waals surface area contributed by atoms with Gasteiger partial charge in [-0.15, -0.1) is 5.11 Å². The Kier molecular flexibility index (Phi) is 1.69. The van der Waals surface area contributed by atoms with Crippen LogP contribution in [0.5, 0.6) is 0 Å². The average molecular weight is 185 g/mol. The highest BCUT2D eigenvalue weighted by molar-refractivity contribution is 5.43. The van der Waals surface area contributed by atoms with Crippen molar-refractivity contribution in [3.05, 3.63) is 36.0 Å². The molecule has 2 heterocycles. The van der Waals surface area contributed by atoms with Gasteiger partial charge in [0.25, 0.3) is 0 Å². The fraction of sp³-hybridized carbons (Fsp3) is 0.364. The number of hydrogen-bond acceptors (Lipinski definition) is 3. The molecule has 0 spiro atoms. The van der Waals surface area contributed by atoms with Crippen LogP contribution in [0.1, 0.15) is 24.4 Å². The molecule has 1 aliphatic heterocycles. The van der Waals surface area contributed by atoms with Gasteiger partial charge in [-0.25, -0.2) is 4.98 Å². The Balaban J connectivity index is 1.94. The molecule has 1 aromatic heterocycles. The molecule has 70 valence electrons. The maximum Gasteiger partial charge on any atom is 0.179 e. The number of pyridine rings is 1. The molecule has 0 saturated carbocycles. The first-order chi connectivity index (χ1) is 6.95. The predicted octanol–water partition coefficient (Wildman–Crippen LogP) is 3.19. The van der Waals surface area contributed by atoms with Crippen LogP contribution < -0.4 is 0 Å². The summed E-state index contributed by atoms with van der Waals surface area (Å²) in [5, 5.41) is 8.42. The molecule has 0 bridgehead atoms. The number of nitrogens with zero attached hydrogens (tertiary/aromatic N) is 3. The van der Waals surface area contributed by atoms with E-state index in [4.69, 9.17) is 0 Å². The average Bonchev–Trinajstić information content (AvgIpc) is 2.85. The van der Waals surface area contributed by atoms with Crippen molar-refractivity contribution in [3.63, 3.8) is 0 Å². The lowest BCUT2D eigenvalue weighted by molar-refractivity contribution is 0.461. The van der Waals surface area contributed by atoms with E-state index in [9.17, 15) is 0 Å². The van der Waals surface area contributed by atoms with Crippen LogP contribution in [0.25, 0.3) is 0 Å². The van der Waals surface area contributed by atoms with Crippen molar-refractivity contribution in [3.8, 4) is 0 Å². The first kappa shape index (κ1) is 7.85. The van der Waals surface area contributed by atoms with E-state index in [0.29, 0.717) is 5.92 Å². The molecule has 0 N–H and O–H groups in total. The van der Waals surface area contributed by atoms with Gasteiger partial charge in [-0.05, 0) is 24.8 Å². The van der Waals surface area contributed by atoms with Crippen molar-refractivity contribution < 1.29 is 0 Å². The minimum Gasteiger partial charge on any atom is -0.235 e. The topological polar surface area (TPSA) is 37.6 Å². The molecule has 14 heavy (non-hydrogen) atoms. The first-order valence-electron chi connectivity index (χ1n) is 4.96. The molecule has 0 aromatic carbocycles. The van der Waals surface area contributed by atoms with Gasteiger partial charge in [0.15, 0.2) is 5.82 Å². The highest BCUT2D eigenvalue weighted by Gasteiger charge is 2.29. The number of fused-ring (bicyclic) bond motifs is 1. The van der Waals surface area contributed by atoms with Crippen LogP contribution in [0.2, 0.25) is 0 Å². The van der Waals surface area contributed by atoms with Gasteiger partial charge < -0.3 is 0 Å². The highest BCUT2D eigenvalue weighted by atomic mass is 15.2. The van der Waals surface area contributed by atoms with Crippen molar-refractivity contribution >= 4 is 5.82 Å². The summed E-state index contributed by atoms with van der Waals surface area (Å²) in [6.07, 6.45) is 8.48. The second-order valence-electron chi connectivity index (χ2n) is 3.78. The van der Waals surface area contributed by atoms with Crippen LogP contribution >= 0.6 is 0 Å². The molecular weight excluding hydrogens is 174 g/mol. The minimum atomic E-state index is 0.244. The Labute approximate surface area is 82.6 Å². The number of hydrogen-bond donors (Lipinski definition) is 0. The van der Waals surface area contributed by atoms with E-state index in [2.05, 4.69) is 33.4 Å². The lowest BCUT2D eigenvalue weighted by atomic mass is 9.93. The molecular formula is C11H11N3. The fourth-order valence-electron chi connectivity index (χ4n) is 2.15. The lowest BCUT2D eigenvalue weighted by Gasteiger charge is -2.14. The largest absolute Gasteiger partial charge is 0.235 e. The van der Waals surface area contributed by atoms with Crippen molar-refractivity contribution in [2.24, 2.45) is 16.1 Å². The summed E-state index contributed by atoms with van der Waals surface area (Å²) in [5.41, 5.74) is 1.20. The molecule has 0 radical (unpaired) electrons. The summed E-state index contributed by atoms with van der Waals surface area (Å²) in [6, 6.07) is 4.30. The lowest BCUT2D eigenvalue weighted by Crippen LogP contribution is -2.05. The van der Waals surface area contributed by atoms with E-state index < -0.39 is 0 Å². The van der Waals surface area contributed by atoms with Gasteiger partial charge in [0.05, 0.1) is 0 Å². The number of allylic oxidation sites excluding steroid dienone is 2. The van der Waals surface area contributed by atoms with Crippen molar-refractivity contribution in [2.45, 2.75) is 18.9 Å². The van der Waals surface area contributed by atoms with Crippen LogP contribution in [0, 0.1) is 5.92 Å². The number of rotatable bonds is 1. The smallest absolute Gasteiger partial charge is 0.179 e. The van der Waals surface area contributed by atoms with Crippen molar-refractivity contribution in [1.29, 1.82) is 0 Å². The van der Waals surface area contributed by atoms with Gasteiger partial charge in [-0.1, -0.05) is 18.2 Å². The Hall–Kier alpha value is -1.51. The molecule has 1 aliphatic carbocycles. The summed E-state index contributed by atoms with van der Waals surface area (Å²) >= 11 is 0. The molecule has 3 heteroatoms. The van der Waals surface area contributed by atoms with E-state index in [0.717, 1.165) is 18.7 Å². The monoisotopic (exact) mass is 185 g/mol. The highest BCUT2D eigenvalue weighted by Crippen LogP contribution is 2.42. The van der Waals surface area contributed by atoms with E-state index in [1.165, 1.54) is 5.56 Å². The number of aromatic nitrogens is 1. The third-order valence-corrected chi connectivity index (χ3v) is 2.90. The molecule has 3 rings (SSSR count). The van der Waals surface area contributed by atoms with Crippen LogP contribution in [0.4, 0.5) is 5.82 Å². The van der Waals surface area contributed by atoms with Gasteiger partial charge in [0.2, 0.25) is 0 Å². The summed E-state index contributed by atoms with van der Waals surface area (Å²) in [5.74, 6) is 1.41. The Morgan fingerprint density at radius 1 is 1.21 bits per heavy atom. The van der Waals surface area contributed by atoms with Gasteiger partial charge in [-0.2, -0.15) is 5.11 Å². The maximum absolute atomic E-state index is 4.31. The SMILES string of the molecule is C1=CCC([C@H]2N=Nc3ncccc32)C1. The third kappa shape index (κ3) is 1.09. The van der Waals surface area contributed by atoms with Crippen molar-refractivity contribution in [1.82, 2.24) is 4.98 Å².